The lowest BCUT2D eigenvalue weighted by Gasteiger charge is -2.32. The standard InChI is InChI=1S/C22H21F2N3O3/c1-30-22(29)13-6-8-27(9-7-13)20-5-3-15(11-18(20)24)25-12-17-16-10-14(23)2-4-19(16)26-21(17)28/h2-5,10-13,25H,6-9H2,1H3,(H,26,28)/b17-12-. The summed E-state index contributed by atoms with van der Waals surface area (Å²) in [6, 6.07) is 8.78. The zero-order chi connectivity index (χ0) is 21.3. The van der Waals surface area contributed by atoms with E-state index in [4.69, 9.17) is 4.74 Å². The average Bonchev–Trinajstić information content (AvgIpc) is 3.06. The molecule has 0 saturated carbocycles. The van der Waals surface area contributed by atoms with E-state index in [-0.39, 0.29) is 23.4 Å². The van der Waals surface area contributed by atoms with Gasteiger partial charge in [-0.15, -0.1) is 0 Å². The second-order valence-electron chi connectivity index (χ2n) is 7.30. The van der Waals surface area contributed by atoms with Crippen LogP contribution in [0.4, 0.5) is 25.8 Å². The molecule has 0 atom stereocenters. The van der Waals surface area contributed by atoms with Crippen LogP contribution in [0.2, 0.25) is 0 Å². The number of nitrogens with one attached hydrogen (secondary N) is 2. The van der Waals surface area contributed by atoms with Gasteiger partial charge in [-0.05, 0) is 49.2 Å². The summed E-state index contributed by atoms with van der Waals surface area (Å²) in [5, 5.41) is 5.58. The Labute approximate surface area is 172 Å². The highest BCUT2D eigenvalue weighted by Crippen LogP contribution is 2.33. The van der Waals surface area contributed by atoms with E-state index in [0.29, 0.717) is 48.6 Å². The minimum atomic E-state index is -0.442. The predicted molar refractivity (Wildman–Crippen MR) is 110 cm³/mol. The lowest BCUT2D eigenvalue weighted by molar-refractivity contribution is -0.146. The lowest BCUT2D eigenvalue weighted by atomic mass is 9.96. The van der Waals surface area contributed by atoms with Crippen molar-refractivity contribution in [3.63, 3.8) is 0 Å². The number of amides is 1. The second-order valence-corrected chi connectivity index (χ2v) is 7.30. The van der Waals surface area contributed by atoms with Crippen molar-refractivity contribution >= 4 is 34.5 Å². The van der Waals surface area contributed by atoms with Gasteiger partial charge in [0.15, 0.2) is 0 Å². The fraction of sp³-hybridized carbons (Fsp3) is 0.273. The maximum Gasteiger partial charge on any atom is 0.308 e. The molecular weight excluding hydrogens is 392 g/mol. The van der Waals surface area contributed by atoms with Crippen molar-refractivity contribution in [3.8, 4) is 0 Å². The normalized spacial score (nSPS) is 17.6. The molecule has 2 aromatic rings. The van der Waals surface area contributed by atoms with Crippen LogP contribution in [0.15, 0.2) is 42.6 Å². The molecule has 0 unspecified atom stereocenters. The van der Waals surface area contributed by atoms with Gasteiger partial charge in [0.1, 0.15) is 11.6 Å². The first kappa shape index (κ1) is 19.9. The third-order valence-electron chi connectivity index (χ3n) is 5.47. The Balaban J connectivity index is 1.46. The van der Waals surface area contributed by atoms with Crippen molar-refractivity contribution in [2.24, 2.45) is 5.92 Å². The maximum absolute atomic E-state index is 14.7. The van der Waals surface area contributed by atoms with Crippen LogP contribution >= 0.6 is 0 Å². The summed E-state index contributed by atoms with van der Waals surface area (Å²) in [6.07, 6.45) is 2.67. The van der Waals surface area contributed by atoms with Gasteiger partial charge >= 0.3 is 5.97 Å². The molecule has 0 spiro atoms. The van der Waals surface area contributed by atoms with Gasteiger partial charge in [0, 0.05) is 36.2 Å². The summed E-state index contributed by atoms with van der Waals surface area (Å²) in [6.45, 7) is 1.13. The molecule has 30 heavy (non-hydrogen) atoms. The minimum Gasteiger partial charge on any atom is -0.469 e. The topological polar surface area (TPSA) is 70.7 Å². The van der Waals surface area contributed by atoms with E-state index in [1.165, 1.54) is 37.6 Å². The molecule has 2 heterocycles. The van der Waals surface area contributed by atoms with Gasteiger partial charge in [-0.3, -0.25) is 9.59 Å². The number of anilines is 3. The van der Waals surface area contributed by atoms with Crippen molar-refractivity contribution in [2.75, 3.05) is 35.7 Å². The zero-order valence-corrected chi connectivity index (χ0v) is 16.4. The van der Waals surface area contributed by atoms with Crippen LogP contribution in [0.5, 0.6) is 0 Å². The largest absolute Gasteiger partial charge is 0.469 e. The van der Waals surface area contributed by atoms with E-state index < -0.39 is 11.6 Å². The van der Waals surface area contributed by atoms with E-state index in [9.17, 15) is 18.4 Å². The Hall–Kier alpha value is -3.42. The number of fused-ring (bicyclic) bond motifs is 1. The molecule has 2 aliphatic heterocycles. The summed E-state index contributed by atoms with van der Waals surface area (Å²) >= 11 is 0. The maximum atomic E-state index is 14.7. The highest BCUT2D eigenvalue weighted by atomic mass is 19.1. The quantitative estimate of drug-likeness (QED) is 0.590. The van der Waals surface area contributed by atoms with Gasteiger partial charge in [0.2, 0.25) is 0 Å². The van der Waals surface area contributed by atoms with E-state index >= 15 is 0 Å². The predicted octanol–water partition coefficient (Wildman–Crippen LogP) is 3.76. The van der Waals surface area contributed by atoms with Gasteiger partial charge < -0.3 is 20.3 Å². The van der Waals surface area contributed by atoms with Crippen molar-refractivity contribution in [3.05, 3.63) is 59.8 Å². The fourth-order valence-electron chi connectivity index (χ4n) is 3.83. The Morgan fingerprint density at radius 1 is 1.20 bits per heavy atom. The number of nitrogens with zero attached hydrogens (tertiary/aromatic N) is 1. The third kappa shape index (κ3) is 3.85. The number of halogens is 2. The highest BCUT2D eigenvalue weighted by molar-refractivity contribution is 6.31. The van der Waals surface area contributed by atoms with Crippen molar-refractivity contribution in [2.45, 2.75) is 12.8 Å². The molecule has 0 aromatic heterocycles. The van der Waals surface area contributed by atoms with E-state index in [1.54, 1.807) is 12.1 Å². The van der Waals surface area contributed by atoms with E-state index in [1.807, 2.05) is 4.90 Å². The van der Waals surface area contributed by atoms with Crippen molar-refractivity contribution in [1.29, 1.82) is 0 Å². The van der Waals surface area contributed by atoms with Gasteiger partial charge in [0.05, 0.1) is 24.3 Å². The Morgan fingerprint density at radius 3 is 2.67 bits per heavy atom. The molecule has 1 saturated heterocycles. The van der Waals surface area contributed by atoms with Gasteiger partial charge in [-0.25, -0.2) is 8.78 Å². The minimum absolute atomic E-state index is 0.146. The smallest absolute Gasteiger partial charge is 0.308 e. The molecule has 0 aliphatic carbocycles. The first-order chi connectivity index (χ1) is 14.5. The first-order valence-corrected chi connectivity index (χ1v) is 9.66. The molecule has 8 heteroatoms. The summed E-state index contributed by atoms with van der Waals surface area (Å²) < 4.78 is 33.0. The summed E-state index contributed by atoms with van der Waals surface area (Å²) in [5.41, 5.74) is 2.19. The van der Waals surface area contributed by atoms with Gasteiger partial charge in [-0.1, -0.05) is 0 Å². The molecule has 4 rings (SSSR count). The summed E-state index contributed by atoms with van der Waals surface area (Å²) in [4.78, 5) is 25.7. The molecule has 0 radical (unpaired) electrons. The number of rotatable bonds is 4. The van der Waals surface area contributed by atoms with Gasteiger partial charge in [-0.2, -0.15) is 0 Å². The molecule has 0 bridgehead atoms. The fourth-order valence-corrected chi connectivity index (χ4v) is 3.83. The van der Waals surface area contributed by atoms with Crippen LogP contribution in [0.1, 0.15) is 18.4 Å². The first-order valence-electron chi connectivity index (χ1n) is 9.66. The van der Waals surface area contributed by atoms with Crippen LogP contribution in [0.3, 0.4) is 0 Å². The number of methoxy groups -OCH3 is 1. The monoisotopic (exact) mass is 413 g/mol. The SMILES string of the molecule is COC(=O)C1CCN(c2ccc(N/C=C3\C(=O)Nc4ccc(F)cc43)cc2F)CC1. The Bertz CT molecular complexity index is 1030. The number of carbonyl (C=O) groups is 2. The zero-order valence-electron chi connectivity index (χ0n) is 16.4. The number of hydrogen-bond donors (Lipinski definition) is 2. The molecule has 2 aromatic carbocycles. The molecule has 1 fully saturated rings. The van der Waals surface area contributed by atoms with Crippen LogP contribution in [-0.4, -0.2) is 32.1 Å². The number of ether oxygens (including phenoxy) is 1. The van der Waals surface area contributed by atoms with Crippen molar-refractivity contribution < 1.29 is 23.1 Å². The number of carbonyl (C=O) groups excluding carboxylic acids is 2. The Morgan fingerprint density at radius 2 is 1.97 bits per heavy atom. The van der Waals surface area contributed by atoms with Gasteiger partial charge in [0.25, 0.3) is 5.91 Å². The number of benzene rings is 2. The molecule has 2 N–H and O–H groups in total. The molecule has 2 aliphatic rings. The summed E-state index contributed by atoms with van der Waals surface area (Å²) in [5.74, 6) is -1.57. The Kier molecular flexibility index (Phi) is 5.39. The molecular formula is C22H21F2N3O3. The van der Waals surface area contributed by atoms with Crippen LogP contribution in [-0.2, 0) is 14.3 Å². The average molecular weight is 413 g/mol. The number of piperidine rings is 1. The molecule has 156 valence electrons. The second kappa shape index (κ2) is 8.14. The number of esters is 1. The van der Waals surface area contributed by atoms with E-state index in [0.717, 1.165) is 0 Å². The van der Waals surface area contributed by atoms with Crippen molar-refractivity contribution in [1.82, 2.24) is 0 Å². The number of hydrogen-bond acceptors (Lipinski definition) is 5. The lowest BCUT2D eigenvalue weighted by Crippen LogP contribution is -2.37. The third-order valence-corrected chi connectivity index (χ3v) is 5.47. The van der Waals surface area contributed by atoms with Crippen LogP contribution < -0.4 is 15.5 Å². The van der Waals surface area contributed by atoms with Crippen LogP contribution in [0, 0.1) is 17.6 Å². The van der Waals surface area contributed by atoms with Crippen LogP contribution in [0.25, 0.3) is 5.57 Å². The molecule has 1 amide bonds. The summed E-state index contributed by atoms with van der Waals surface area (Å²) in [7, 11) is 1.37. The molecule has 6 nitrogen and oxygen atoms in total. The highest BCUT2D eigenvalue weighted by Gasteiger charge is 2.27. The van der Waals surface area contributed by atoms with E-state index in [2.05, 4.69) is 10.6 Å².